The number of alkyl halides is 7. The lowest BCUT2D eigenvalue weighted by Gasteiger charge is -2.33. The molecule has 0 atom stereocenters. The number of carbonyl (C=O) groups excluding carboxylic acids is 2. The number of carboxylic acid groups (broad SMARTS) is 2. The first kappa shape index (κ1) is 22.9. The Morgan fingerprint density at radius 1 is 0.833 bits per heavy atom. The molecular weight excluding hydrogens is 470 g/mol. The van der Waals surface area contributed by atoms with Gasteiger partial charge in [0, 0.05) is 6.42 Å². The van der Waals surface area contributed by atoms with Crippen LogP contribution in [0.4, 0.5) is 26.3 Å². The Morgan fingerprint density at radius 3 is 1.25 bits per heavy atom. The number of carbonyl (C=O) groups is 2. The fourth-order valence-electron chi connectivity index (χ4n) is 1.16. The molecule has 0 saturated carbocycles. The number of hydrogen-bond donors (Lipinski definition) is 0. The molecule has 0 aliphatic heterocycles. The van der Waals surface area contributed by atoms with Gasteiger partial charge >= 0.3 is 11.0 Å². The predicted molar refractivity (Wildman–Crippen MR) is 60.0 cm³/mol. The third-order valence-electron chi connectivity index (χ3n) is 2.43. The number of sulfone groups is 2. The van der Waals surface area contributed by atoms with Crippen LogP contribution in [0.1, 0.15) is 6.42 Å². The molecule has 0 spiro atoms. The first-order valence-corrected chi connectivity index (χ1v) is 8.83. The highest BCUT2D eigenvalue weighted by molar-refractivity contribution is 9.10. The molecule has 142 valence electrons. The SMILES string of the molecule is O=C([O-])C(Br)(CC(S(=O)(=O)C(F)(F)F)S(=O)(=O)C(F)(F)F)C(=O)[O-]. The van der Waals surface area contributed by atoms with Crippen LogP contribution >= 0.6 is 15.9 Å². The van der Waals surface area contributed by atoms with Crippen molar-refractivity contribution in [3.8, 4) is 0 Å². The Hall–Kier alpha value is -1.10. The van der Waals surface area contributed by atoms with Crippen molar-refractivity contribution in [2.75, 3.05) is 0 Å². The summed E-state index contributed by atoms with van der Waals surface area (Å²) in [6.45, 7) is 0. The largest absolute Gasteiger partial charge is 0.548 e. The third kappa shape index (κ3) is 3.93. The summed E-state index contributed by atoms with van der Waals surface area (Å²) in [7, 11) is -14.4. The van der Waals surface area contributed by atoms with Crippen LogP contribution in [0.2, 0.25) is 0 Å². The zero-order chi connectivity index (χ0) is 19.9. The lowest BCUT2D eigenvalue weighted by Crippen LogP contribution is -2.59. The molecule has 0 radical (unpaired) electrons. The number of hydrogen-bond acceptors (Lipinski definition) is 8. The summed E-state index contributed by atoms with van der Waals surface area (Å²) in [5.74, 6) is -5.86. The standard InChI is InChI=1S/C7H5BrF6O8S2/c8-5(3(15)16,4(17)18)1-2(23(19,20)6(9,10)11)24(21,22)7(12,13)14/h2H,1H2,(H,15,16)(H,17,18)/p-2. The zero-order valence-electron chi connectivity index (χ0n) is 10.5. The van der Waals surface area contributed by atoms with E-state index in [4.69, 9.17) is 0 Å². The van der Waals surface area contributed by atoms with Gasteiger partial charge in [-0.2, -0.15) is 26.3 Å². The van der Waals surface area contributed by atoms with Gasteiger partial charge in [0.25, 0.3) is 19.7 Å². The van der Waals surface area contributed by atoms with Crippen molar-refractivity contribution in [1.29, 1.82) is 0 Å². The molecule has 0 aromatic heterocycles. The van der Waals surface area contributed by atoms with E-state index in [2.05, 4.69) is 0 Å². The number of rotatable bonds is 6. The van der Waals surface area contributed by atoms with Crippen LogP contribution in [0.25, 0.3) is 0 Å². The summed E-state index contributed by atoms with van der Waals surface area (Å²) >= 11 is 1.65. The summed E-state index contributed by atoms with van der Waals surface area (Å²) in [6, 6.07) is 0. The molecular formula is C7H3BrF6O8S2-2. The van der Waals surface area contributed by atoms with Gasteiger partial charge in [-0.05, 0) is 0 Å². The van der Waals surface area contributed by atoms with Gasteiger partial charge < -0.3 is 19.8 Å². The molecule has 0 amide bonds. The average Bonchev–Trinajstić information content (AvgIpc) is 2.31. The molecule has 0 heterocycles. The van der Waals surface area contributed by atoms with E-state index >= 15 is 0 Å². The molecule has 0 aliphatic rings. The van der Waals surface area contributed by atoms with Crippen LogP contribution in [-0.4, -0.2) is 48.7 Å². The van der Waals surface area contributed by atoms with Gasteiger partial charge in [-0.1, -0.05) is 15.9 Å². The summed E-state index contributed by atoms with van der Waals surface area (Å²) in [6.07, 6.45) is -2.72. The van der Waals surface area contributed by atoms with Crippen molar-refractivity contribution in [3.63, 3.8) is 0 Å². The fourth-order valence-corrected chi connectivity index (χ4v) is 5.44. The maximum atomic E-state index is 12.4. The van der Waals surface area contributed by atoms with E-state index in [1.807, 2.05) is 0 Å². The summed E-state index contributed by atoms with van der Waals surface area (Å²) < 4.78 is 110. The number of halogens is 7. The molecule has 17 heteroatoms. The van der Waals surface area contributed by atoms with Crippen LogP contribution in [0.3, 0.4) is 0 Å². The van der Waals surface area contributed by atoms with E-state index in [0.29, 0.717) is 0 Å². The second-order valence-corrected chi connectivity index (χ2v) is 9.89. The van der Waals surface area contributed by atoms with E-state index in [9.17, 15) is 63.0 Å². The van der Waals surface area contributed by atoms with Crippen molar-refractivity contribution in [2.45, 2.75) is 26.3 Å². The lowest BCUT2D eigenvalue weighted by atomic mass is 10.1. The molecule has 0 fully saturated rings. The van der Waals surface area contributed by atoms with Crippen molar-refractivity contribution in [2.24, 2.45) is 0 Å². The number of aliphatic carboxylic acids is 2. The van der Waals surface area contributed by atoms with Gasteiger partial charge in [0.05, 0.1) is 11.9 Å². The Morgan fingerprint density at radius 2 is 1.08 bits per heavy atom. The van der Waals surface area contributed by atoms with Crippen molar-refractivity contribution in [1.82, 2.24) is 0 Å². The summed E-state index contributed by atoms with van der Waals surface area (Å²) in [5, 5.41) is 21.2. The highest BCUT2D eigenvalue weighted by atomic mass is 79.9. The third-order valence-corrected chi connectivity index (χ3v) is 7.93. The Labute approximate surface area is 137 Å². The van der Waals surface area contributed by atoms with E-state index in [1.165, 1.54) is 0 Å². The molecule has 8 nitrogen and oxygen atoms in total. The van der Waals surface area contributed by atoms with Crippen molar-refractivity contribution < 1.29 is 63.0 Å². The highest BCUT2D eigenvalue weighted by Gasteiger charge is 2.64. The molecule has 0 aliphatic carbocycles. The average molecular weight is 473 g/mol. The number of carboxylic acids is 2. The van der Waals surface area contributed by atoms with E-state index < -0.39 is 58.0 Å². The second-order valence-electron chi connectivity index (χ2n) is 3.99. The van der Waals surface area contributed by atoms with Crippen LogP contribution in [0, 0.1) is 0 Å². The minimum Gasteiger partial charge on any atom is -0.548 e. The Kier molecular flexibility index (Phi) is 6.03. The monoisotopic (exact) mass is 472 g/mol. The highest BCUT2D eigenvalue weighted by Crippen LogP contribution is 2.41. The zero-order valence-corrected chi connectivity index (χ0v) is 13.7. The molecule has 0 aromatic carbocycles. The minimum atomic E-state index is -7.20. The van der Waals surface area contributed by atoms with Gasteiger partial charge in [0.15, 0.2) is 4.58 Å². The maximum Gasteiger partial charge on any atom is 0.498 e. The molecule has 24 heavy (non-hydrogen) atoms. The summed E-state index contributed by atoms with van der Waals surface area (Å²) in [5.41, 5.74) is -13.1. The van der Waals surface area contributed by atoms with E-state index in [0.717, 1.165) is 0 Å². The van der Waals surface area contributed by atoms with E-state index in [-0.39, 0.29) is 0 Å². The van der Waals surface area contributed by atoms with Gasteiger partial charge in [0.1, 0.15) is 4.32 Å². The Bertz CT molecular complexity index is 678. The first-order valence-electron chi connectivity index (χ1n) is 4.95. The molecule has 0 N–H and O–H groups in total. The quantitative estimate of drug-likeness (QED) is 0.250. The lowest BCUT2D eigenvalue weighted by molar-refractivity contribution is -0.327. The van der Waals surface area contributed by atoms with Crippen molar-refractivity contribution >= 4 is 47.5 Å². The van der Waals surface area contributed by atoms with Gasteiger partial charge in [-0.3, -0.25) is 0 Å². The Balaban J connectivity index is 6.65. The van der Waals surface area contributed by atoms with Gasteiger partial charge in [-0.15, -0.1) is 0 Å². The first-order chi connectivity index (χ1) is 10.2. The predicted octanol–water partition coefficient (Wildman–Crippen LogP) is -1.79. The van der Waals surface area contributed by atoms with Gasteiger partial charge in [-0.25, -0.2) is 16.8 Å². The van der Waals surface area contributed by atoms with Crippen LogP contribution < -0.4 is 10.2 Å². The van der Waals surface area contributed by atoms with Crippen LogP contribution in [0.5, 0.6) is 0 Å². The van der Waals surface area contributed by atoms with Crippen molar-refractivity contribution in [3.05, 3.63) is 0 Å². The van der Waals surface area contributed by atoms with E-state index in [1.54, 1.807) is 15.9 Å². The molecule has 0 saturated heterocycles. The summed E-state index contributed by atoms with van der Waals surface area (Å²) in [4.78, 5) is 21.2. The fraction of sp³-hybridized carbons (Fsp3) is 0.714. The second kappa shape index (κ2) is 6.32. The molecule has 0 rings (SSSR count). The topological polar surface area (TPSA) is 149 Å². The van der Waals surface area contributed by atoms with Crippen LogP contribution in [-0.2, 0) is 29.3 Å². The van der Waals surface area contributed by atoms with Crippen LogP contribution in [0.15, 0.2) is 0 Å². The molecule has 0 aromatic rings. The van der Waals surface area contributed by atoms with Gasteiger partial charge in [0.2, 0.25) is 0 Å². The smallest absolute Gasteiger partial charge is 0.498 e. The minimum absolute atomic E-state index is 1.65. The normalized spacial score (nSPS) is 14.7. The molecule has 0 bridgehead atoms. The molecule has 0 unspecified atom stereocenters. The maximum absolute atomic E-state index is 12.4.